The van der Waals surface area contributed by atoms with Crippen molar-refractivity contribution in [3.05, 3.63) is 65.5 Å². The molecule has 1 saturated heterocycles. The number of piperidine rings is 1. The number of anilines is 1. The summed E-state index contributed by atoms with van der Waals surface area (Å²) in [6, 6.07) is 13.9. The number of rotatable bonds is 3. The van der Waals surface area contributed by atoms with E-state index in [1.807, 2.05) is 17.0 Å². The lowest BCUT2D eigenvalue weighted by molar-refractivity contribution is 0.0690. The van der Waals surface area contributed by atoms with Crippen LogP contribution in [0.25, 0.3) is 0 Å². The molecule has 1 amide bonds. The molecule has 0 unspecified atom stereocenters. The van der Waals surface area contributed by atoms with E-state index < -0.39 is 0 Å². The molecule has 2 N–H and O–H groups in total. The van der Waals surface area contributed by atoms with Gasteiger partial charge in [-0.25, -0.2) is 4.39 Å². The van der Waals surface area contributed by atoms with Gasteiger partial charge in [-0.05, 0) is 61.1 Å². The van der Waals surface area contributed by atoms with Crippen molar-refractivity contribution in [2.75, 3.05) is 18.8 Å². The number of nitrogens with two attached hydrogens (primary N) is 1. The molecule has 2 aromatic rings. The van der Waals surface area contributed by atoms with Crippen molar-refractivity contribution in [1.29, 1.82) is 0 Å². The Bertz CT molecular complexity index is 676. The van der Waals surface area contributed by atoms with Gasteiger partial charge in [0.05, 0.1) is 0 Å². The maximum Gasteiger partial charge on any atom is 0.253 e. The summed E-state index contributed by atoms with van der Waals surface area (Å²) in [6.07, 6.45) is 2.97. The number of hydrogen-bond acceptors (Lipinski definition) is 2. The van der Waals surface area contributed by atoms with Gasteiger partial charge in [-0.1, -0.05) is 18.2 Å². The van der Waals surface area contributed by atoms with E-state index in [0.717, 1.165) is 38.0 Å². The van der Waals surface area contributed by atoms with Crippen LogP contribution in [0, 0.1) is 11.7 Å². The van der Waals surface area contributed by atoms with E-state index in [-0.39, 0.29) is 11.7 Å². The number of benzene rings is 2. The van der Waals surface area contributed by atoms with Gasteiger partial charge in [0.15, 0.2) is 0 Å². The van der Waals surface area contributed by atoms with Crippen molar-refractivity contribution in [3.63, 3.8) is 0 Å². The quantitative estimate of drug-likeness (QED) is 0.882. The Labute approximate surface area is 135 Å². The smallest absolute Gasteiger partial charge is 0.253 e. The summed E-state index contributed by atoms with van der Waals surface area (Å²) >= 11 is 0. The first-order valence-electron chi connectivity index (χ1n) is 8.01. The van der Waals surface area contributed by atoms with E-state index >= 15 is 0 Å². The summed E-state index contributed by atoms with van der Waals surface area (Å²) in [7, 11) is 0. The predicted octanol–water partition coefficient (Wildman–Crippen LogP) is 3.50. The highest BCUT2D eigenvalue weighted by molar-refractivity contribution is 5.94. The van der Waals surface area contributed by atoms with Crippen molar-refractivity contribution in [1.82, 2.24) is 4.90 Å². The Hall–Kier alpha value is -2.36. The van der Waals surface area contributed by atoms with Crippen LogP contribution in [-0.2, 0) is 6.42 Å². The molecule has 0 radical (unpaired) electrons. The summed E-state index contributed by atoms with van der Waals surface area (Å²) in [5.41, 5.74) is 8.21. The Morgan fingerprint density at radius 1 is 1.13 bits per heavy atom. The zero-order chi connectivity index (χ0) is 16.2. The van der Waals surface area contributed by atoms with Crippen LogP contribution in [0.2, 0.25) is 0 Å². The number of halogens is 1. The van der Waals surface area contributed by atoms with Crippen LogP contribution in [0.1, 0.15) is 28.8 Å². The third-order valence-electron chi connectivity index (χ3n) is 4.48. The zero-order valence-corrected chi connectivity index (χ0v) is 13.0. The zero-order valence-electron chi connectivity index (χ0n) is 13.0. The topological polar surface area (TPSA) is 46.3 Å². The van der Waals surface area contributed by atoms with Crippen molar-refractivity contribution >= 4 is 11.6 Å². The van der Waals surface area contributed by atoms with E-state index in [2.05, 4.69) is 12.1 Å². The molecule has 0 aliphatic carbocycles. The van der Waals surface area contributed by atoms with Crippen LogP contribution in [0.15, 0.2) is 48.5 Å². The van der Waals surface area contributed by atoms with E-state index in [0.29, 0.717) is 11.5 Å². The molecule has 1 aliphatic rings. The van der Waals surface area contributed by atoms with Crippen LogP contribution in [0.4, 0.5) is 10.1 Å². The van der Waals surface area contributed by atoms with Crippen molar-refractivity contribution in [3.8, 4) is 0 Å². The summed E-state index contributed by atoms with van der Waals surface area (Å²) in [5, 5.41) is 0. The van der Waals surface area contributed by atoms with Crippen LogP contribution in [0.3, 0.4) is 0 Å². The molecule has 3 nitrogen and oxygen atoms in total. The summed E-state index contributed by atoms with van der Waals surface area (Å²) in [6.45, 7) is 1.46. The molecule has 0 aromatic heterocycles. The first-order valence-corrected chi connectivity index (χ1v) is 8.01. The number of likely N-dealkylation sites (tertiary alicyclic amines) is 1. The van der Waals surface area contributed by atoms with Crippen LogP contribution in [0.5, 0.6) is 0 Å². The number of amides is 1. The second-order valence-electron chi connectivity index (χ2n) is 6.19. The van der Waals surface area contributed by atoms with Crippen LogP contribution in [-0.4, -0.2) is 23.9 Å². The molecular weight excluding hydrogens is 291 g/mol. The molecule has 0 bridgehead atoms. The third kappa shape index (κ3) is 3.89. The standard InChI is InChI=1S/C19H21FN2O/c20-17-3-1-2-16(13-17)19(23)22-10-8-15(9-11-22)12-14-4-6-18(21)7-5-14/h1-7,13,15H,8-12,21H2. The normalized spacial score (nSPS) is 15.6. The number of nitrogen functional groups attached to an aromatic ring is 1. The highest BCUT2D eigenvalue weighted by atomic mass is 19.1. The fourth-order valence-corrected chi connectivity index (χ4v) is 3.13. The van der Waals surface area contributed by atoms with E-state index in [1.54, 1.807) is 12.1 Å². The first-order chi connectivity index (χ1) is 11.1. The van der Waals surface area contributed by atoms with Crippen molar-refractivity contribution < 1.29 is 9.18 Å². The minimum atomic E-state index is -0.367. The minimum absolute atomic E-state index is 0.0737. The maximum absolute atomic E-state index is 13.2. The second-order valence-corrected chi connectivity index (χ2v) is 6.19. The fraction of sp³-hybridized carbons (Fsp3) is 0.316. The molecule has 2 aromatic carbocycles. The van der Waals surface area contributed by atoms with Gasteiger partial charge in [0, 0.05) is 24.3 Å². The highest BCUT2D eigenvalue weighted by Gasteiger charge is 2.23. The lowest BCUT2D eigenvalue weighted by Crippen LogP contribution is -2.38. The Morgan fingerprint density at radius 3 is 2.48 bits per heavy atom. The predicted molar refractivity (Wildman–Crippen MR) is 89.6 cm³/mol. The number of hydrogen-bond donors (Lipinski definition) is 1. The summed E-state index contributed by atoms with van der Waals surface area (Å²) in [4.78, 5) is 14.2. The average molecular weight is 312 g/mol. The van der Waals surface area contributed by atoms with Gasteiger partial charge >= 0.3 is 0 Å². The fourth-order valence-electron chi connectivity index (χ4n) is 3.13. The summed E-state index contributed by atoms with van der Waals surface area (Å²) < 4.78 is 13.2. The van der Waals surface area contributed by atoms with Gasteiger partial charge in [0.2, 0.25) is 0 Å². The van der Waals surface area contributed by atoms with E-state index in [1.165, 1.54) is 17.7 Å². The largest absolute Gasteiger partial charge is 0.399 e. The van der Waals surface area contributed by atoms with Crippen LogP contribution >= 0.6 is 0 Å². The van der Waals surface area contributed by atoms with Crippen molar-refractivity contribution in [2.24, 2.45) is 5.92 Å². The number of carbonyl (C=O) groups excluding carboxylic acids is 1. The second kappa shape index (κ2) is 6.82. The first kappa shape index (κ1) is 15.5. The van der Waals surface area contributed by atoms with Gasteiger partial charge in [0.1, 0.15) is 5.82 Å². The maximum atomic E-state index is 13.2. The molecule has 0 atom stereocenters. The van der Waals surface area contributed by atoms with Crippen LogP contribution < -0.4 is 5.73 Å². The Kier molecular flexibility index (Phi) is 4.60. The molecule has 0 spiro atoms. The molecule has 0 saturated carbocycles. The van der Waals surface area contributed by atoms with Gasteiger partial charge in [-0.3, -0.25) is 4.79 Å². The average Bonchev–Trinajstić information content (AvgIpc) is 2.57. The SMILES string of the molecule is Nc1ccc(CC2CCN(C(=O)c3cccc(F)c3)CC2)cc1. The van der Waals surface area contributed by atoms with Gasteiger partial charge < -0.3 is 10.6 Å². The molecule has 23 heavy (non-hydrogen) atoms. The van der Waals surface area contributed by atoms with Gasteiger partial charge in [-0.15, -0.1) is 0 Å². The Balaban J connectivity index is 1.55. The molecule has 3 rings (SSSR count). The minimum Gasteiger partial charge on any atom is -0.399 e. The van der Waals surface area contributed by atoms with Gasteiger partial charge in [-0.2, -0.15) is 0 Å². The highest BCUT2D eigenvalue weighted by Crippen LogP contribution is 2.23. The molecular formula is C19H21FN2O. The number of nitrogens with zero attached hydrogens (tertiary/aromatic N) is 1. The molecule has 1 aliphatic heterocycles. The molecule has 120 valence electrons. The number of carbonyl (C=O) groups is 1. The van der Waals surface area contributed by atoms with E-state index in [4.69, 9.17) is 5.73 Å². The lowest BCUT2D eigenvalue weighted by Gasteiger charge is -2.32. The summed E-state index contributed by atoms with van der Waals surface area (Å²) in [5.74, 6) is 0.139. The molecule has 1 heterocycles. The third-order valence-corrected chi connectivity index (χ3v) is 4.48. The monoisotopic (exact) mass is 312 g/mol. The molecule has 4 heteroatoms. The van der Waals surface area contributed by atoms with Gasteiger partial charge in [0.25, 0.3) is 5.91 Å². The molecule has 1 fully saturated rings. The van der Waals surface area contributed by atoms with E-state index in [9.17, 15) is 9.18 Å². The lowest BCUT2D eigenvalue weighted by atomic mass is 9.90. The van der Waals surface area contributed by atoms with Crippen molar-refractivity contribution in [2.45, 2.75) is 19.3 Å². The Morgan fingerprint density at radius 2 is 1.83 bits per heavy atom.